The van der Waals surface area contributed by atoms with Crippen LogP contribution in [0.15, 0.2) is 0 Å². The van der Waals surface area contributed by atoms with Crippen LogP contribution < -0.4 is 10.6 Å². The van der Waals surface area contributed by atoms with E-state index >= 15 is 0 Å². The van der Waals surface area contributed by atoms with E-state index in [0.717, 1.165) is 25.9 Å². The standard InChI is InChI=1S/C11H18N4O2/c12-4-6-14-10(16)9-13-5-3-11(17)15-7-1-2-8-15/h13H,1-3,5-9H2,(H,14,16). The molecular weight excluding hydrogens is 220 g/mol. The normalized spacial score (nSPS) is 14.4. The van der Waals surface area contributed by atoms with Gasteiger partial charge in [0, 0.05) is 26.1 Å². The molecule has 0 bridgehead atoms. The third-order valence-electron chi connectivity index (χ3n) is 2.62. The van der Waals surface area contributed by atoms with Gasteiger partial charge in [0.25, 0.3) is 0 Å². The van der Waals surface area contributed by atoms with Crippen LogP contribution in [0.3, 0.4) is 0 Å². The molecule has 1 saturated heterocycles. The van der Waals surface area contributed by atoms with Gasteiger partial charge in [0.2, 0.25) is 11.8 Å². The average molecular weight is 238 g/mol. The fourth-order valence-electron chi connectivity index (χ4n) is 1.72. The van der Waals surface area contributed by atoms with Crippen molar-refractivity contribution in [1.82, 2.24) is 15.5 Å². The van der Waals surface area contributed by atoms with Crippen LogP contribution in [0.4, 0.5) is 0 Å². The van der Waals surface area contributed by atoms with Gasteiger partial charge in [-0.2, -0.15) is 5.26 Å². The number of rotatable bonds is 6. The smallest absolute Gasteiger partial charge is 0.234 e. The van der Waals surface area contributed by atoms with Crippen molar-refractivity contribution >= 4 is 11.8 Å². The Morgan fingerprint density at radius 1 is 1.29 bits per heavy atom. The monoisotopic (exact) mass is 238 g/mol. The van der Waals surface area contributed by atoms with Gasteiger partial charge in [-0.25, -0.2) is 0 Å². The molecule has 0 aromatic rings. The van der Waals surface area contributed by atoms with Crippen molar-refractivity contribution in [2.24, 2.45) is 0 Å². The molecule has 0 aliphatic carbocycles. The summed E-state index contributed by atoms with van der Waals surface area (Å²) in [4.78, 5) is 24.5. The Bertz CT molecular complexity index is 305. The van der Waals surface area contributed by atoms with Gasteiger partial charge >= 0.3 is 0 Å². The molecule has 0 saturated carbocycles. The maximum Gasteiger partial charge on any atom is 0.234 e. The van der Waals surface area contributed by atoms with Crippen molar-refractivity contribution in [3.63, 3.8) is 0 Å². The Kier molecular flexibility index (Phi) is 6.04. The highest BCUT2D eigenvalue weighted by Gasteiger charge is 2.16. The van der Waals surface area contributed by atoms with Crippen molar-refractivity contribution in [3.05, 3.63) is 0 Å². The van der Waals surface area contributed by atoms with Crippen LogP contribution in [0.25, 0.3) is 0 Å². The van der Waals surface area contributed by atoms with E-state index in [1.807, 2.05) is 11.0 Å². The third kappa shape index (κ3) is 5.31. The highest BCUT2D eigenvalue weighted by Crippen LogP contribution is 2.08. The second-order valence-corrected chi connectivity index (χ2v) is 3.95. The van der Waals surface area contributed by atoms with E-state index in [4.69, 9.17) is 5.26 Å². The SMILES string of the molecule is N#CCNC(=O)CNCCC(=O)N1CCCC1. The number of nitrogens with one attached hydrogen (secondary N) is 2. The molecule has 0 aromatic heterocycles. The van der Waals surface area contributed by atoms with Crippen LogP contribution >= 0.6 is 0 Å². The second kappa shape index (κ2) is 7.63. The first-order valence-corrected chi connectivity index (χ1v) is 5.86. The predicted molar refractivity (Wildman–Crippen MR) is 61.9 cm³/mol. The Balaban J connectivity index is 2.01. The van der Waals surface area contributed by atoms with Gasteiger partial charge in [-0.1, -0.05) is 0 Å². The minimum absolute atomic E-state index is 0.0211. The van der Waals surface area contributed by atoms with Crippen molar-refractivity contribution in [2.45, 2.75) is 19.3 Å². The molecule has 0 aromatic carbocycles. The molecule has 1 aliphatic heterocycles. The lowest BCUT2D eigenvalue weighted by Crippen LogP contribution is -2.36. The molecule has 6 nitrogen and oxygen atoms in total. The Labute approximate surface area is 101 Å². The first-order valence-electron chi connectivity index (χ1n) is 5.86. The van der Waals surface area contributed by atoms with E-state index in [0.29, 0.717) is 13.0 Å². The lowest BCUT2D eigenvalue weighted by Gasteiger charge is -2.14. The van der Waals surface area contributed by atoms with Crippen molar-refractivity contribution in [3.8, 4) is 6.07 Å². The van der Waals surface area contributed by atoms with E-state index in [-0.39, 0.29) is 24.9 Å². The molecule has 1 heterocycles. The molecule has 2 N–H and O–H groups in total. The Hall–Kier alpha value is -1.61. The molecule has 1 aliphatic rings. The van der Waals surface area contributed by atoms with Gasteiger partial charge in [0.05, 0.1) is 12.6 Å². The molecule has 0 radical (unpaired) electrons. The summed E-state index contributed by atoms with van der Waals surface area (Å²) in [6.45, 7) is 2.39. The quantitative estimate of drug-likeness (QED) is 0.470. The number of carbonyl (C=O) groups excluding carboxylic acids is 2. The summed E-state index contributed by atoms with van der Waals surface area (Å²) in [5, 5.41) is 13.5. The van der Waals surface area contributed by atoms with Crippen LogP contribution in [-0.2, 0) is 9.59 Å². The van der Waals surface area contributed by atoms with Crippen molar-refractivity contribution in [1.29, 1.82) is 5.26 Å². The number of likely N-dealkylation sites (tertiary alicyclic amines) is 1. The molecule has 0 spiro atoms. The van der Waals surface area contributed by atoms with Crippen LogP contribution in [-0.4, -0.2) is 49.4 Å². The molecular formula is C11H18N4O2. The first kappa shape index (κ1) is 13.5. The highest BCUT2D eigenvalue weighted by atomic mass is 16.2. The molecule has 0 unspecified atom stereocenters. The van der Waals surface area contributed by atoms with E-state index in [2.05, 4.69) is 10.6 Å². The number of carbonyl (C=O) groups is 2. The zero-order valence-corrected chi connectivity index (χ0v) is 9.87. The minimum Gasteiger partial charge on any atom is -0.343 e. The number of nitriles is 1. The largest absolute Gasteiger partial charge is 0.343 e. The van der Waals surface area contributed by atoms with Crippen LogP contribution in [0, 0.1) is 11.3 Å². The molecule has 6 heteroatoms. The summed E-state index contributed by atoms with van der Waals surface area (Å²) >= 11 is 0. The second-order valence-electron chi connectivity index (χ2n) is 3.95. The lowest BCUT2D eigenvalue weighted by atomic mass is 10.3. The summed E-state index contributed by atoms with van der Waals surface area (Å²) in [6.07, 6.45) is 2.61. The number of hydrogen-bond donors (Lipinski definition) is 2. The molecule has 2 amide bonds. The molecule has 1 fully saturated rings. The summed E-state index contributed by atoms with van der Waals surface area (Å²) < 4.78 is 0. The van der Waals surface area contributed by atoms with Crippen molar-refractivity contribution < 1.29 is 9.59 Å². The van der Waals surface area contributed by atoms with Gasteiger partial charge in [0.15, 0.2) is 0 Å². The fourth-order valence-corrected chi connectivity index (χ4v) is 1.72. The zero-order valence-electron chi connectivity index (χ0n) is 9.87. The maximum atomic E-state index is 11.6. The Morgan fingerprint density at radius 2 is 2.00 bits per heavy atom. The van der Waals surface area contributed by atoms with Crippen LogP contribution in [0.2, 0.25) is 0 Å². The Morgan fingerprint density at radius 3 is 2.65 bits per heavy atom. The summed E-state index contributed by atoms with van der Waals surface area (Å²) in [5.74, 6) is -0.0763. The summed E-state index contributed by atoms with van der Waals surface area (Å²) in [5.41, 5.74) is 0. The molecule has 17 heavy (non-hydrogen) atoms. The topological polar surface area (TPSA) is 85.2 Å². The fraction of sp³-hybridized carbons (Fsp3) is 0.727. The van der Waals surface area contributed by atoms with Gasteiger partial charge in [-0.15, -0.1) is 0 Å². The van der Waals surface area contributed by atoms with E-state index in [9.17, 15) is 9.59 Å². The van der Waals surface area contributed by atoms with Gasteiger partial charge in [-0.3, -0.25) is 9.59 Å². The maximum absolute atomic E-state index is 11.6. The number of nitrogens with zero attached hydrogens (tertiary/aromatic N) is 2. The summed E-state index contributed by atoms with van der Waals surface area (Å²) in [6, 6.07) is 1.82. The average Bonchev–Trinajstić information content (AvgIpc) is 2.85. The van der Waals surface area contributed by atoms with E-state index < -0.39 is 0 Å². The lowest BCUT2D eigenvalue weighted by molar-refractivity contribution is -0.130. The molecule has 0 atom stereocenters. The highest BCUT2D eigenvalue weighted by molar-refractivity contribution is 5.78. The number of hydrogen-bond acceptors (Lipinski definition) is 4. The zero-order chi connectivity index (χ0) is 12.5. The minimum atomic E-state index is -0.222. The third-order valence-corrected chi connectivity index (χ3v) is 2.62. The van der Waals surface area contributed by atoms with E-state index in [1.54, 1.807) is 0 Å². The van der Waals surface area contributed by atoms with Gasteiger partial charge in [-0.05, 0) is 12.8 Å². The molecule has 1 rings (SSSR count). The number of amides is 2. The van der Waals surface area contributed by atoms with Gasteiger partial charge in [0.1, 0.15) is 6.54 Å². The van der Waals surface area contributed by atoms with Gasteiger partial charge < -0.3 is 15.5 Å². The summed E-state index contributed by atoms with van der Waals surface area (Å²) in [7, 11) is 0. The van der Waals surface area contributed by atoms with Crippen LogP contribution in [0.5, 0.6) is 0 Å². The van der Waals surface area contributed by atoms with Crippen LogP contribution in [0.1, 0.15) is 19.3 Å². The van der Waals surface area contributed by atoms with E-state index in [1.165, 1.54) is 0 Å². The van der Waals surface area contributed by atoms with Crippen molar-refractivity contribution in [2.75, 3.05) is 32.7 Å². The first-order chi connectivity index (χ1) is 8.24. The predicted octanol–water partition coefficient (Wildman–Crippen LogP) is -0.772. The molecule has 94 valence electrons.